The predicted molar refractivity (Wildman–Crippen MR) is 68.3 cm³/mol. The molecule has 0 saturated carbocycles. The number of rotatable bonds is 3. The van der Waals surface area contributed by atoms with Gasteiger partial charge in [-0.05, 0) is 17.7 Å². The van der Waals surface area contributed by atoms with Crippen LogP contribution in [0.1, 0.15) is 5.56 Å². The number of carbonyl (C=O) groups excluding carboxylic acids is 1. The zero-order valence-corrected chi connectivity index (χ0v) is 10.4. The van der Waals surface area contributed by atoms with Crippen molar-refractivity contribution in [1.29, 1.82) is 0 Å². The molecule has 5 nitrogen and oxygen atoms in total. The molecule has 0 unspecified atom stereocenters. The van der Waals surface area contributed by atoms with E-state index in [1.165, 1.54) is 0 Å². The van der Waals surface area contributed by atoms with Gasteiger partial charge in [-0.3, -0.25) is 9.79 Å². The summed E-state index contributed by atoms with van der Waals surface area (Å²) in [6, 6.07) is 6.68. The summed E-state index contributed by atoms with van der Waals surface area (Å²) in [4.78, 5) is 14.8. The molecule has 1 aliphatic rings. The molecular weight excluding hydrogens is 273 g/mol. The van der Waals surface area contributed by atoms with E-state index in [1.54, 1.807) is 24.3 Å². The van der Waals surface area contributed by atoms with Gasteiger partial charge in [0.1, 0.15) is 0 Å². The normalized spacial score (nSPS) is 14.4. The standard InChI is InChI=1S/C12H13F3N4O/c13-12(14,15)10(20)18-7-8-1-3-9(4-2-8)19-11-16-5-6-17-11/h1-4H,5-7H2,(H,18,20)(H2,16,17,19). The molecule has 0 radical (unpaired) electrons. The van der Waals surface area contributed by atoms with Crippen LogP contribution >= 0.6 is 0 Å². The SMILES string of the molecule is O=C(NCc1ccc(NC2=NCCN2)cc1)C(F)(F)F. The van der Waals surface area contributed by atoms with Crippen LogP contribution < -0.4 is 16.0 Å². The summed E-state index contributed by atoms with van der Waals surface area (Å²) in [5, 5.41) is 7.87. The van der Waals surface area contributed by atoms with Crippen molar-refractivity contribution in [2.24, 2.45) is 4.99 Å². The van der Waals surface area contributed by atoms with Crippen LogP contribution in [0.25, 0.3) is 0 Å². The van der Waals surface area contributed by atoms with Crippen molar-refractivity contribution in [3.63, 3.8) is 0 Å². The summed E-state index contributed by atoms with van der Waals surface area (Å²) in [5.41, 5.74) is 1.35. The van der Waals surface area contributed by atoms with E-state index in [0.29, 0.717) is 18.1 Å². The number of nitrogens with zero attached hydrogens (tertiary/aromatic N) is 1. The highest BCUT2D eigenvalue weighted by Gasteiger charge is 2.38. The number of hydrogen-bond acceptors (Lipinski definition) is 4. The highest BCUT2D eigenvalue weighted by atomic mass is 19.4. The quantitative estimate of drug-likeness (QED) is 0.783. The number of guanidine groups is 1. The van der Waals surface area contributed by atoms with E-state index in [2.05, 4.69) is 15.6 Å². The summed E-state index contributed by atoms with van der Waals surface area (Å²) in [6.45, 7) is 1.33. The lowest BCUT2D eigenvalue weighted by Crippen LogP contribution is -2.36. The zero-order valence-electron chi connectivity index (χ0n) is 10.4. The summed E-state index contributed by atoms with van der Waals surface area (Å²) in [6.07, 6.45) is -4.85. The van der Waals surface area contributed by atoms with E-state index in [0.717, 1.165) is 12.2 Å². The average molecular weight is 286 g/mol. The van der Waals surface area contributed by atoms with Gasteiger partial charge in [-0.25, -0.2) is 0 Å². The summed E-state index contributed by atoms with van der Waals surface area (Å²) in [7, 11) is 0. The maximum Gasteiger partial charge on any atom is 0.471 e. The highest BCUT2D eigenvalue weighted by molar-refractivity contribution is 5.94. The fourth-order valence-electron chi connectivity index (χ4n) is 1.61. The second kappa shape index (κ2) is 5.81. The molecule has 3 N–H and O–H groups in total. The van der Waals surface area contributed by atoms with Crippen LogP contribution in [0.2, 0.25) is 0 Å². The molecular formula is C12H13F3N4O. The monoisotopic (exact) mass is 286 g/mol. The van der Waals surface area contributed by atoms with Crippen molar-refractivity contribution in [2.45, 2.75) is 12.7 Å². The molecule has 8 heteroatoms. The molecule has 108 valence electrons. The van der Waals surface area contributed by atoms with Crippen molar-refractivity contribution in [2.75, 3.05) is 18.4 Å². The number of amides is 1. The van der Waals surface area contributed by atoms with Crippen molar-refractivity contribution >= 4 is 17.6 Å². The Morgan fingerprint density at radius 1 is 1.30 bits per heavy atom. The summed E-state index contributed by atoms with van der Waals surface area (Å²) < 4.78 is 36.0. The lowest BCUT2D eigenvalue weighted by molar-refractivity contribution is -0.173. The molecule has 1 aromatic carbocycles. The van der Waals surface area contributed by atoms with Crippen LogP contribution in [0.4, 0.5) is 18.9 Å². The van der Waals surface area contributed by atoms with Crippen molar-refractivity contribution < 1.29 is 18.0 Å². The molecule has 0 fully saturated rings. The number of carbonyl (C=O) groups is 1. The van der Waals surface area contributed by atoms with E-state index in [4.69, 9.17) is 0 Å². The van der Waals surface area contributed by atoms with Crippen molar-refractivity contribution in [3.05, 3.63) is 29.8 Å². The van der Waals surface area contributed by atoms with Crippen LogP contribution in [0.15, 0.2) is 29.3 Å². The molecule has 0 bridgehead atoms. The number of aliphatic imine (C=N–C) groups is 1. The Bertz CT molecular complexity index is 510. The Balaban J connectivity index is 1.87. The van der Waals surface area contributed by atoms with Crippen LogP contribution in [0.5, 0.6) is 0 Å². The number of anilines is 1. The molecule has 0 saturated heterocycles. The number of nitrogens with one attached hydrogen (secondary N) is 3. The van der Waals surface area contributed by atoms with Gasteiger partial charge in [0.2, 0.25) is 0 Å². The first-order valence-corrected chi connectivity index (χ1v) is 5.94. The molecule has 1 aromatic rings. The third-order valence-corrected chi connectivity index (χ3v) is 2.60. The minimum atomic E-state index is -4.85. The Hall–Kier alpha value is -2.25. The molecule has 1 heterocycles. The molecule has 0 atom stereocenters. The molecule has 0 aliphatic carbocycles. The maximum absolute atomic E-state index is 12.0. The van der Waals surface area contributed by atoms with E-state index < -0.39 is 12.1 Å². The van der Waals surface area contributed by atoms with Gasteiger partial charge < -0.3 is 16.0 Å². The van der Waals surface area contributed by atoms with Gasteiger partial charge in [-0.1, -0.05) is 12.1 Å². The van der Waals surface area contributed by atoms with Gasteiger partial charge in [0.15, 0.2) is 5.96 Å². The Morgan fingerprint density at radius 2 is 2.00 bits per heavy atom. The smallest absolute Gasteiger partial charge is 0.354 e. The molecule has 0 spiro atoms. The van der Waals surface area contributed by atoms with Gasteiger partial charge in [0.25, 0.3) is 0 Å². The first-order chi connectivity index (χ1) is 9.45. The second-order valence-corrected chi connectivity index (χ2v) is 4.16. The van der Waals surface area contributed by atoms with E-state index in [9.17, 15) is 18.0 Å². The minimum absolute atomic E-state index is 0.169. The molecule has 0 aromatic heterocycles. The summed E-state index contributed by atoms with van der Waals surface area (Å²) in [5.74, 6) is -1.27. The first-order valence-electron chi connectivity index (χ1n) is 5.94. The van der Waals surface area contributed by atoms with Crippen LogP contribution in [0.3, 0.4) is 0 Å². The van der Waals surface area contributed by atoms with E-state index >= 15 is 0 Å². The number of benzene rings is 1. The van der Waals surface area contributed by atoms with Crippen molar-refractivity contribution in [1.82, 2.24) is 10.6 Å². The van der Waals surface area contributed by atoms with Gasteiger partial charge in [0.05, 0.1) is 6.54 Å². The topological polar surface area (TPSA) is 65.5 Å². The third-order valence-electron chi connectivity index (χ3n) is 2.60. The van der Waals surface area contributed by atoms with E-state index in [1.807, 2.05) is 5.32 Å². The predicted octanol–water partition coefficient (Wildman–Crippen LogP) is 1.24. The summed E-state index contributed by atoms with van der Waals surface area (Å²) >= 11 is 0. The second-order valence-electron chi connectivity index (χ2n) is 4.16. The fraction of sp³-hybridized carbons (Fsp3) is 0.333. The van der Waals surface area contributed by atoms with Gasteiger partial charge in [-0.2, -0.15) is 13.2 Å². The number of alkyl halides is 3. The number of halogens is 3. The van der Waals surface area contributed by atoms with Crippen molar-refractivity contribution in [3.8, 4) is 0 Å². The van der Waals surface area contributed by atoms with Gasteiger partial charge in [-0.15, -0.1) is 0 Å². The van der Waals surface area contributed by atoms with Gasteiger partial charge in [0, 0.05) is 18.8 Å². The largest absolute Gasteiger partial charge is 0.471 e. The Kier molecular flexibility index (Phi) is 4.11. The van der Waals surface area contributed by atoms with E-state index in [-0.39, 0.29) is 6.54 Å². The number of hydrogen-bond donors (Lipinski definition) is 3. The van der Waals surface area contributed by atoms with Crippen LogP contribution in [-0.2, 0) is 11.3 Å². The van der Waals surface area contributed by atoms with Gasteiger partial charge >= 0.3 is 12.1 Å². The molecule has 1 aliphatic heterocycles. The molecule has 2 rings (SSSR count). The average Bonchev–Trinajstić information content (AvgIpc) is 2.89. The lowest BCUT2D eigenvalue weighted by Gasteiger charge is -2.09. The van der Waals surface area contributed by atoms with Crippen LogP contribution in [0, 0.1) is 0 Å². The molecule has 1 amide bonds. The Labute approximate surface area is 113 Å². The highest BCUT2D eigenvalue weighted by Crippen LogP contribution is 2.15. The first kappa shape index (κ1) is 14.2. The minimum Gasteiger partial charge on any atom is -0.354 e. The molecule has 20 heavy (non-hydrogen) atoms. The zero-order chi connectivity index (χ0) is 14.6. The maximum atomic E-state index is 12.0. The third kappa shape index (κ3) is 3.87. The Morgan fingerprint density at radius 3 is 2.55 bits per heavy atom. The van der Waals surface area contributed by atoms with Crippen LogP contribution in [-0.4, -0.2) is 31.1 Å². The fourth-order valence-corrected chi connectivity index (χ4v) is 1.61. The lowest BCUT2D eigenvalue weighted by atomic mass is 10.2.